The van der Waals surface area contributed by atoms with Crippen LogP contribution in [0.25, 0.3) is 0 Å². The molecule has 5 aromatic rings. The van der Waals surface area contributed by atoms with Crippen LogP contribution in [0.1, 0.15) is 0 Å². The number of hydrogen-bond donors (Lipinski definition) is 0. The zero-order valence-corrected chi connectivity index (χ0v) is 17.2. The van der Waals surface area contributed by atoms with Gasteiger partial charge in [0.25, 0.3) is 0 Å². The van der Waals surface area contributed by atoms with Crippen LogP contribution in [-0.4, -0.2) is 19.9 Å². The second kappa shape index (κ2) is 9.06. The molecule has 0 saturated carbocycles. The number of benzene rings is 1. The van der Waals surface area contributed by atoms with Gasteiger partial charge in [-0.25, -0.2) is 0 Å². The minimum absolute atomic E-state index is 1.00. The molecule has 154 valence electrons. The van der Waals surface area contributed by atoms with Crippen LogP contribution < -0.4 is 9.80 Å². The third-order valence-electron chi connectivity index (χ3n) is 5.05. The highest BCUT2D eigenvalue weighted by Gasteiger charge is 2.21. The molecule has 0 spiro atoms. The quantitative estimate of drug-likeness (QED) is 0.328. The monoisotopic (exact) mass is 416 g/mol. The molecule has 0 aliphatic heterocycles. The molecule has 1 aromatic carbocycles. The Hall–Kier alpha value is -4.58. The molecule has 0 radical (unpaired) electrons. The molecule has 0 unspecified atom stereocenters. The van der Waals surface area contributed by atoms with E-state index in [4.69, 9.17) is 0 Å². The lowest BCUT2D eigenvalue weighted by molar-refractivity contribution is 1.18. The topological polar surface area (TPSA) is 58.0 Å². The van der Waals surface area contributed by atoms with Crippen molar-refractivity contribution in [2.75, 3.05) is 9.80 Å². The van der Waals surface area contributed by atoms with Gasteiger partial charge in [0.15, 0.2) is 0 Å². The van der Waals surface area contributed by atoms with E-state index < -0.39 is 0 Å². The van der Waals surface area contributed by atoms with Crippen molar-refractivity contribution < 1.29 is 0 Å². The van der Waals surface area contributed by atoms with Crippen LogP contribution in [0.5, 0.6) is 0 Å². The van der Waals surface area contributed by atoms with Gasteiger partial charge >= 0.3 is 0 Å². The van der Waals surface area contributed by atoms with E-state index in [1.165, 1.54) is 0 Å². The first-order valence-electron chi connectivity index (χ1n) is 10.2. The summed E-state index contributed by atoms with van der Waals surface area (Å²) in [7, 11) is 0. The molecule has 0 aliphatic carbocycles. The third kappa shape index (κ3) is 3.89. The summed E-state index contributed by atoms with van der Waals surface area (Å²) in [5, 5.41) is 0. The highest BCUT2D eigenvalue weighted by Crippen LogP contribution is 2.44. The number of anilines is 6. The SMILES string of the molecule is c1ccc(N(c2ccncc2)c2ccncc2)c(N(c2ccncc2)c2ccncc2)c1. The van der Waals surface area contributed by atoms with Gasteiger partial charge in [0.2, 0.25) is 0 Å². The van der Waals surface area contributed by atoms with E-state index in [-0.39, 0.29) is 0 Å². The van der Waals surface area contributed by atoms with E-state index in [1.54, 1.807) is 49.6 Å². The first-order chi connectivity index (χ1) is 15.9. The maximum Gasteiger partial charge on any atom is 0.0702 e. The van der Waals surface area contributed by atoms with E-state index in [2.05, 4.69) is 41.9 Å². The predicted molar refractivity (Wildman–Crippen MR) is 127 cm³/mol. The second-order valence-electron chi connectivity index (χ2n) is 6.98. The Balaban J connectivity index is 1.74. The average Bonchev–Trinajstić information content (AvgIpc) is 2.88. The number of hydrogen-bond acceptors (Lipinski definition) is 6. The highest BCUT2D eigenvalue weighted by atomic mass is 15.2. The molecule has 4 heterocycles. The van der Waals surface area contributed by atoms with Gasteiger partial charge in [0.1, 0.15) is 0 Å². The Labute approximate surface area is 186 Å². The van der Waals surface area contributed by atoms with Crippen LogP contribution in [0.3, 0.4) is 0 Å². The highest BCUT2D eigenvalue weighted by molar-refractivity contribution is 5.90. The normalized spacial score (nSPS) is 10.5. The van der Waals surface area contributed by atoms with Crippen LogP contribution in [0.15, 0.2) is 122 Å². The molecule has 0 atom stereocenters. The zero-order chi connectivity index (χ0) is 21.6. The molecule has 0 amide bonds. The van der Waals surface area contributed by atoms with Crippen molar-refractivity contribution in [2.24, 2.45) is 0 Å². The van der Waals surface area contributed by atoms with E-state index >= 15 is 0 Å². The summed E-state index contributed by atoms with van der Waals surface area (Å²) in [6, 6.07) is 24.3. The molecule has 0 bridgehead atoms. The van der Waals surface area contributed by atoms with Gasteiger partial charge < -0.3 is 9.80 Å². The summed E-state index contributed by atoms with van der Waals surface area (Å²) in [4.78, 5) is 21.2. The van der Waals surface area contributed by atoms with Crippen molar-refractivity contribution in [3.8, 4) is 0 Å². The van der Waals surface area contributed by atoms with Gasteiger partial charge in [-0.1, -0.05) is 12.1 Å². The third-order valence-corrected chi connectivity index (χ3v) is 5.05. The average molecular weight is 416 g/mol. The fraction of sp³-hybridized carbons (Fsp3) is 0. The Bertz CT molecular complexity index is 1080. The lowest BCUT2D eigenvalue weighted by Crippen LogP contribution is -2.17. The molecular formula is C26H20N6. The van der Waals surface area contributed by atoms with Crippen molar-refractivity contribution in [3.05, 3.63) is 122 Å². The Kier molecular flexibility index (Phi) is 5.49. The molecule has 4 aromatic heterocycles. The van der Waals surface area contributed by atoms with Gasteiger partial charge in [-0.05, 0) is 60.7 Å². The first-order valence-corrected chi connectivity index (χ1v) is 10.2. The standard InChI is InChI=1S/C26H20N6/c1-2-4-26(32(23-9-17-29-18-10-23)24-11-19-30-20-12-24)25(3-1)31(21-5-13-27-14-6-21)22-7-15-28-16-8-22/h1-20H. The van der Waals surface area contributed by atoms with Crippen molar-refractivity contribution >= 4 is 34.1 Å². The predicted octanol–water partition coefficient (Wildman–Crippen LogP) is 6.21. The molecule has 32 heavy (non-hydrogen) atoms. The van der Waals surface area contributed by atoms with Crippen molar-refractivity contribution in [2.45, 2.75) is 0 Å². The second-order valence-corrected chi connectivity index (χ2v) is 6.98. The largest absolute Gasteiger partial charge is 0.308 e. The van der Waals surface area contributed by atoms with Gasteiger partial charge in [0, 0.05) is 72.3 Å². The van der Waals surface area contributed by atoms with Crippen LogP contribution >= 0.6 is 0 Å². The van der Waals surface area contributed by atoms with Gasteiger partial charge in [0.05, 0.1) is 11.4 Å². The maximum atomic E-state index is 4.20. The summed E-state index contributed by atoms with van der Waals surface area (Å²) < 4.78 is 0. The van der Waals surface area contributed by atoms with Crippen LogP contribution in [0, 0.1) is 0 Å². The molecule has 0 aliphatic rings. The van der Waals surface area contributed by atoms with Crippen LogP contribution in [0.2, 0.25) is 0 Å². The van der Waals surface area contributed by atoms with Crippen molar-refractivity contribution in [1.29, 1.82) is 0 Å². The molecule has 0 fully saturated rings. The molecular weight excluding hydrogens is 396 g/mol. The summed E-state index contributed by atoms with van der Waals surface area (Å²) in [6.07, 6.45) is 14.4. The molecule has 5 rings (SSSR count). The summed E-state index contributed by atoms with van der Waals surface area (Å²) in [5.74, 6) is 0. The van der Waals surface area contributed by atoms with Gasteiger partial charge in [-0.3, -0.25) is 19.9 Å². The van der Waals surface area contributed by atoms with Crippen LogP contribution in [-0.2, 0) is 0 Å². The number of nitrogens with zero attached hydrogens (tertiary/aromatic N) is 6. The number of rotatable bonds is 6. The van der Waals surface area contributed by atoms with E-state index in [0.717, 1.165) is 34.1 Å². The number of pyridine rings is 4. The fourth-order valence-corrected chi connectivity index (χ4v) is 3.67. The Morgan fingerprint density at radius 1 is 0.344 bits per heavy atom. The summed E-state index contributed by atoms with van der Waals surface area (Å²) >= 11 is 0. The lowest BCUT2D eigenvalue weighted by atomic mass is 10.1. The van der Waals surface area contributed by atoms with E-state index in [0.29, 0.717) is 0 Å². The Morgan fingerprint density at radius 3 is 0.844 bits per heavy atom. The van der Waals surface area contributed by atoms with Gasteiger partial charge in [-0.15, -0.1) is 0 Å². The fourth-order valence-electron chi connectivity index (χ4n) is 3.67. The molecule has 0 saturated heterocycles. The number of aromatic nitrogens is 4. The minimum atomic E-state index is 1.00. The van der Waals surface area contributed by atoms with E-state index in [9.17, 15) is 0 Å². The minimum Gasteiger partial charge on any atom is -0.308 e. The summed E-state index contributed by atoms with van der Waals surface area (Å²) in [5.41, 5.74) is 6.04. The first kappa shape index (κ1) is 19.4. The Morgan fingerprint density at radius 2 is 0.594 bits per heavy atom. The van der Waals surface area contributed by atoms with Gasteiger partial charge in [-0.2, -0.15) is 0 Å². The smallest absolute Gasteiger partial charge is 0.0702 e. The van der Waals surface area contributed by atoms with Crippen molar-refractivity contribution in [1.82, 2.24) is 19.9 Å². The van der Waals surface area contributed by atoms with Crippen molar-refractivity contribution in [3.63, 3.8) is 0 Å². The zero-order valence-electron chi connectivity index (χ0n) is 17.2. The van der Waals surface area contributed by atoms with E-state index in [1.807, 2.05) is 60.7 Å². The summed E-state index contributed by atoms with van der Waals surface area (Å²) in [6.45, 7) is 0. The molecule has 6 nitrogen and oxygen atoms in total. The maximum absolute atomic E-state index is 4.20. The molecule has 0 N–H and O–H groups in total. The lowest BCUT2D eigenvalue weighted by Gasteiger charge is -2.32. The van der Waals surface area contributed by atoms with Crippen LogP contribution in [0.4, 0.5) is 34.1 Å². The molecule has 6 heteroatoms. The number of para-hydroxylation sites is 2.